The van der Waals surface area contributed by atoms with Crippen LogP contribution < -0.4 is 5.01 Å². The van der Waals surface area contributed by atoms with Crippen LogP contribution in [0.1, 0.15) is 23.6 Å². The predicted octanol–water partition coefficient (Wildman–Crippen LogP) is 2.74. The zero-order valence-electron chi connectivity index (χ0n) is 11.4. The first-order chi connectivity index (χ1) is 10.2. The summed E-state index contributed by atoms with van der Waals surface area (Å²) in [5.74, 6) is 0.0843. The van der Waals surface area contributed by atoms with Gasteiger partial charge in [0.05, 0.1) is 17.5 Å². The molecule has 4 nitrogen and oxygen atoms in total. The van der Waals surface area contributed by atoms with Gasteiger partial charge in [0.2, 0.25) is 0 Å². The Kier molecular flexibility index (Phi) is 4.01. The van der Waals surface area contributed by atoms with Gasteiger partial charge >= 0.3 is 0 Å². The van der Waals surface area contributed by atoms with E-state index in [1.165, 1.54) is 5.56 Å². The van der Waals surface area contributed by atoms with Gasteiger partial charge < -0.3 is 0 Å². The average Bonchev–Trinajstić information content (AvgIpc) is 2.98. The van der Waals surface area contributed by atoms with Gasteiger partial charge in [-0.1, -0.05) is 42.5 Å². The molecular weight excluding hydrogens is 284 g/mol. The lowest BCUT2D eigenvalue weighted by Gasteiger charge is -2.24. The van der Waals surface area contributed by atoms with Crippen molar-refractivity contribution in [2.45, 2.75) is 18.2 Å². The van der Waals surface area contributed by atoms with E-state index in [1.54, 1.807) is 0 Å². The summed E-state index contributed by atoms with van der Waals surface area (Å²) < 4.78 is 21.5. The smallest absolute Gasteiger partial charge is 0.144 e. The van der Waals surface area contributed by atoms with Crippen molar-refractivity contribution in [1.82, 2.24) is 0 Å². The van der Waals surface area contributed by atoms with Crippen LogP contribution in [-0.2, 0) is 16.5 Å². The van der Waals surface area contributed by atoms with Gasteiger partial charge in [0.1, 0.15) is 10.7 Å². The molecule has 2 aromatic rings. The number of hydrogen-bond donors (Lipinski definition) is 1. The average molecular weight is 300 g/mol. The summed E-state index contributed by atoms with van der Waals surface area (Å²) >= 11 is 0. The summed E-state index contributed by atoms with van der Waals surface area (Å²) in [6, 6.07) is 18.0. The zero-order chi connectivity index (χ0) is 14.7. The van der Waals surface area contributed by atoms with E-state index in [1.807, 2.05) is 53.7 Å². The molecule has 21 heavy (non-hydrogen) atoms. The van der Waals surface area contributed by atoms with Crippen LogP contribution >= 0.6 is 0 Å². The third kappa shape index (κ3) is 3.13. The van der Waals surface area contributed by atoms with Gasteiger partial charge in [0.25, 0.3) is 0 Å². The molecule has 1 atom stereocenters. The quantitative estimate of drug-likeness (QED) is 0.883. The van der Waals surface area contributed by atoms with Crippen molar-refractivity contribution in [1.29, 1.82) is 0 Å². The van der Waals surface area contributed by atoms with E-state index >= 15 is 0 Å². The highest BCUT2D eigenvalue weighted by Crippen LogP contribution is 2.33. The van der Waals surface area contributed by atoms with E-state index < -0.39 is 10.7 Å². The third-order valence-corrected chi connectivity index (χ3v) is 4.15. The van der Waals surface area contributed by atoms with Crippen molar-refractivity contribution in [3.8, 4) is 0 Å². The van der Waals surface area contributed by atoms with Gasteiger partial charge in [-0.3, -0.25) is 5.01 Å². The Labute approximate surface area is 125 Å². The predicted molar refractivity (Wildman–Crippen MR) is 85.2 cm³/mol. The normalized spacial score (nSPS) is 17.6. The van der Waals surface area contributed by atoms with Crippen molar-refractivity contribution in [3.63, 3.8) is 0 Å². The molecule has 1 heterocycles. The van der Waals surface area contributed by atoms with Gasteiger partial charge in [-0.25, -0.2) is 8.42 Å². The van der Waals surface area contributed by atoms with Crippen molar-refractivity contribution < 1.29 is 8.42 Å². The van der Waals surface area contributed by atoms with Crippen LogP contribution in [0.25, 0.3) is 0 Å². The maximum Gasteiger partial charge on any atom is 0.144 e. The number of nitrogens with zero attached hydrogens (tertiary/aromatic N) is 2. The molecule has 1 unspecified atom stereocenters. The monoisotopic (exact) mass is 300 g/mol. The van der Waals surface area contributed by atoms with E-state index in [4.69, 9.17) is 0 Å². The minimum absolute atomic E-state index is 0.0843. The van der Waals surface area contributed by atoms with E-state index in [9.17, 15) is 8.42 Å². The molecule has 0 N–H and O–H groups in total. The molecule has 5 heteroatoms. The van der Waals surface area contributed by atoms with Crippen molar-refractivity contribution in [2.24, 2.45) is 5.10 Å². The molecule has 0 saturated carbocycles. The van der Waals surface area contributed by atoms with Crippen molar-refractivity contribution >= 4 is 22.6 Å². The van der Waals surface area contributed by atoms with Crippen molar-refractivity contribution in [3.05, 3.63) is 65.7 Å². The number of hydrogen-bond acceptors (Lipinski definition) is 4. The molecule has 1 aliphatic rings. The minimum Gasteiger partial charge on any atom is -0.258 e. The van der Waals surface area contributed by atoms with Crippen LogP contribution in [-0.4, -0.2) is 14.6 Å². The van der Waals surface area contributed by atoms with Crippen LogP contribution in [0, 0.1) is 0 Å². The molecule has 0 bridgehead atoms. The summed E-state index contributed by atoms with van der Waals surface area (Å²) in [5, 5.41) is 6.43. The fourth-order valence-corrected chi connectivity index (χ4v) is 3.03. The highest BCUT2D eigenvalue weighted by molar-refractivity contribution is 7.71. The number of thiol groups is 1. The fourth-order valence-electron chi connectivity index (χ4n) is 2.52. The maximum absolute atomic E-state index is 10.8. The fraction of sp³-hybridized carbons (Fsp3) is 0.188. The number of anilines is 1. The lowest BCUT2D eigenvalue weighted by molar-refractivity contribution is 0.614. The number of hydrazone groups is 1. The summed E-state index contributed by atoms with van der Waals surface area (Å²) in [7, 11) is -2.38. The number of benzene rings is 2. The Hall–Kier alpha value is -2.14. The second-order valence-corrected chi connectivity index (χ2v) is 5.94. The van der Waals surface area contributed by atoms with Crippen molar-refractivity contribution in [2.75, 3.05) is 5.01 Å². The van der Waals surface area contributed by atoms with Crippen LogP contribution in [0.15, 0.2) is 59.7 Å². The molecule has 0 fully saturated rings. The molecule has 0 saturated heterocycles. The Morgan fingerprint density at radius 1 is 1.05 bits per heavy atom. The lowest BCUT2D eigenvalue weighted by Crippen LogP contribution is -2.18. The Morgan fingerprint density at radius 3 is 2.43 bits per heavy atom. The Morgan fingerprint density at radius 2 is 1.76 bits per heavy atom. The second-order valence-electron chi connectivity index (χ2n) is 4.96. The van der Waals surface area contributed by atoms with Crippen LogP contribution in [0.2, 0.25) is 0 Å². The first-order valence-corrected chi connectivity index (χ1v) is 8.17. The molecule has 0 radical (unpaired) electrons. The van der Waals surface area contributed by atoms with Gasteiger partial charge in [0.15, 0.2) is 0 Å². The highest BCUT2D eigenvalue weighted by Gasteiger charge is 2.23. The molecule has 2 aromatic carbocycles. The first kappa shape index (κ1) is 13.8. The summed E-state index contributed by atoms with van der Waals surface area (Å²) in [6.45, 7) is 0. The molecule has 0 spiro atoms. The van der Waals surface area contributed by atoms with E-state index in [2.05, 4.69) is 17.2 Å². The SMILES string of the molecule is O=[SH](=O)Cc1ccc(N2N=CCC2c2ccccc2)cc1. The highest BCUT2D eigenvalue weighted by atomic mass is 32.2. The Balaban J connectivity index is 1.83. The first-order valence-electron chi connectivity index (χ1n) is 6.81. The minimum atomic E-state index is -2.38. The number of rotatable bonds is 4. The molecule has 3 rings (SSSR count). The largest absolute Gasteiger partial charge is 0.258 e. The molecular formula is C16H16N2O2S. The summed E-state index contributed by atoms with van der Waals surface area (Å²) in [6.07, 6.45) is 2.79. The van der Waals surface area contributed by atoms with Crippen LogP contribution in [0.4, 0.5) is 5.69 Å². The third-order valence-electron chi connectivity index (χ3n) is 3.53. The van der Waals surface area contributed by atoms with Gasteiger partial charge in [-0.2, -0.15) is 5.10 Å². The zero-order valence-corrected chi connectivity index (χ0v) is 12.3. The van der Waals surface area contributed by atoms with Crippen LogP contribution in [0.5, 0.6) is 0 Å². The lowest BCUT2D eigenvalue weighted by atomic mass is 10.0. The van der Waals surface area contributed by atoms with E-state index in [0.29, 0.717) is 0 Å². The van der Waals surface area contributed by atoms with E-state index in [0.717, 1.165) is 17.7 Å². The molecule has 0 amide bonds. The van der Waals surface area contributed by atoms with Gasteiger partial charge in [-0.15, -0.1) is 0 Å². The Bertz CT molecular complexity index is 701. The second kappa shape index (κ2) is 6.10. The summed E-state index contributed by atoms with van der Waals surface area (Å²) in [5.41, 5.74) is 3.00. The topological polar surface area (TPSA) is 49.7 Å². The summed E-state index contributed by atoms with van der Waals surface area (Å²) in [4.78, 5) is 0. The van der Waals surface area contributed by atoms with E-state index in [-0.39, 0.29) is 11.8 Å². The standard InChI is InChI=1S/C16H16N2O2S/c19-21(20)12-13-6-8-15(9-7-13)18-16(10-11-17-18)14-4-2-1-3-5-14/h1-9,11,16,21H,10,12H2. The maximum atomic E-state index is 10.8. The van der Waals surface area contributed by atoms with Gasteiger partial charge in [-0.05, 0) is 23.3 Å². The molecule has 1 aliphatic heterocycles. The van der Waals surface area contributed by atoms with Gasteiger partial charge in [0, 0.05) is 12.6 Å². The molecule has 0 aromatic heterocycles. The molecule has 0 aliphatic carbocycles. The van der Waals surface area contributed by atoms with Crippen LogP contribution in [0.3, 0.4) is 0 Å². The molecule has 108 valence electrons.